The lowest BCUT2D eigenvalue weighted by molar-refractivity contribution is -0.137. The van der Waals surface area contributed by atoms with Crippen molar-refractivity contribution in [2.45, 2.75) is 48.3 Å². The lowest BCUT2D eigenvalue weighted by atomic mass is 10.1. The van der Waals surface area contributed by atoms with Crippen LogP contribution >= 0.6 is 23.5 Å². The second-order valence-electron chi connectivity index (χ2n) is 6.79. The monoisotopic (exact) mass is 480 g/mol. The van der Waals surface area contributed by atoms with Gasteiger partial charge in [0.1, 0.15) is 11.5 Å². The second-order valence-corrected chi connectivity index (χ2v) is 9.01. The van der Waals surface area contributed by atoms with Crippen LogP contribution in [0.3, 0.4) is 0 Å². The maximum atomic E-state index is 10.3. The Labute approximate surface area is 198 Å². The lowest BCUT2D eigenvalue weighted by Crippen LogP contribution is -1.97. The van der Waals surface area contributed by atoms with Gasteiger partial charge in [0.05, 0.1) is 20.0 Å². The first-order chi connectivity index (χ1) is 15.4. The molecular formula is C24H32O6S2. The average molecular weight is 481 g/mol. The number of hydrogen-bond donors (Lipinski definition) is 2. The van der Waals surface area contributed by atoms with Crippen molar-refractivity contribution in [3.63, 3.8) is 0 Å². The molecule has 0 aliphatic heterocycles. The van der Waals surface area contributed by atoms with E-state index in [1.807, 2.05) is 48.2 Å². The summed E-state index contributed by atoms with van der Waals surface area (Å²) in [6.45, 7) is 0. The summed E-state index contributed by atoms with van der Waals surface area (Å²) in [6.07, 6.45) is 5.64. The van der Waals surface area contributed by atoms with Gasteiger partial charge in [-0.2, -0.15) is 0 Å². The SMILES string of the molecule is COc1ccc(SCC(=O)O)cc1.COc1ccc(SCCCCCCCC(=O)O)cc1. The normalized spacial score (nSPS) is 10.1. The number of unbranched alkanes of at least 4 members (excludes halogenated alkanes) is 4. The molecule has 0 saturated carbocycles. The fourth-order valence-electron chi connectivity index (χ4n) is 2.59. The van der Waals surface area contributed by atoms with Crippen molar-refractivity contribution in [3.05, 3.63) is 48.5 Å². The van der Waals surface area contributed by atoms with Gasteiger partial charge < -0.3 is 19.7 Å². The van der Waals surface area contributed by atoms with Gasteiger partial charge >= 0.3 is 11.9 Å². The molecular weight excluding hydrogens is 448 g/mol. The summed E-state index contributed by atoms with van der Waals surface area (Å²) < 4.78 is 10.1. The molecule has 6 nitrogen and oxygen atoms in total. The number of thioether (sulfide) groups is 2. The molecule has 176 valence electrons. The van der Waals surface area contributed by atoms with Gasteiger partial charge in [-0.3, -0.25) is 9.59 Å². The first kappa shape index (κ1) is 27.7. The predicted octanol–water partition coefficient (Wildman–Crippen LogP) is 6.08. The molecule has 0 unspecified atom stereocenters. The van der Waals surface area contributed by atoms with E-state index in [0.29, 0.717) is 6.42 Å². The molecule has 0 atom stereocenters. The van der Waals surface area contributed by atoms with Gasteiger partial charge in [-0.05, 0) is 67.1 Å². The molecule has 0 aliphatic carbocycles. The fraction of sp³-hybridized carbons (Fsp3) is 0.417. The number of hydrogen-bond acceptors (Lipinski definition) is 6. The van der Waals surface area contributed by atoms with Crippen LogP contribution in [0.4, 0.5) is 0 Å². The Morgan fingerprint density at radius 3 is 1.62 bits per heavy atom. The summed E-state index contributed by atoms with van der Waals surface area (Å²) in [6, 6.07) is 15.4. The van der Waals surface area contributed by atoms with Crippen LogP contribution in [0, 0.1) is 0 Å². The number of ether oxygens (including phenoxy) is 2. The van der Waals surface area contributed by atoms with Crippen molar-refractivity contribution in [2.75, 3.05) is 25.7 Å². The van der Waals surface area contributed by atoms with E-state index in [9.17, 15) is 9.59 Å². The number of benzene rings is 2. The Balaban J connectivity index is 0.000000343. The first-order valence-electron chi connectivity index (χ1n) is 10.4. The van der Waals surface area contributed by atoms with Gasteiger partial charge in [-0.25, -0.2) is 0 Å². The molecule has 2 aromatic carbocycles. The van der Waals surface area contributed by atoms with E-state index in [0.717, 1.165) is 41.4 Å². The highest BCUT2D eigenvalue weighted by atomic mass is 32.2. The topological polar surface area (TPSA) is 93.1 Å². The number of carbonyl (C=O) groups is 2. The van der Waals surface area contributed by atoms with E-state index in [1.165, 1.54) is 29.5 Å². The summed E-state index contributed by atoms with van der Waals surface area (Å²) in [7, 11) is 3.27. The quantitative estimate of drug-likeness (QED) is 0.248. The van der Waals surface area contributed by atoms with Crippen molar-refractivity contribution in [2.24, 2.45) is 0 Å². The Kier molecular flexibility index (Phi) is 14.9. The van der Waals surface area contributed by atoms with Crippen LogP contribution in [-0.4, -0.2) is 47.9 Å². The Hall–Kier alpha value is -2.32. The Morgan fingerprint density at radius 1 is 0.688 bits per heavy atom. The largest absolute Gasteiger partial charge is 0.497 e. The number of carboxylic acids is 2. The van der Waals surface area contributed by atoms with E-state index in [4.69, 9.17) is 19.7 Å². The number of aliphatic carboxylic acids is 2. The van der Waals surface area contributed by atoms with Crippen LogP contribution in [0.15, 0.2) is 58.3 Å². The number of rotatable bonds is 14. The van der Waals surface area contributed by atoms with E-state index >= 15 is 0 Å². The predicted molar refractivity (Wildman–Crippen MR) is 130 cm³/mol. The summed E-state index contributed by atoms with van der Waals surface area (Å²) >= 11 is 3.15. The van der Waals surface area contributed by atoms with Crippen LogP contribution in [0.25, 0.3) is 0 Å². The van der Waals surface area contributed by atoms with Gasteiger partial charge in [0.25, 0.3) is 0 Å². The molecule has 0 spiro atoms. The molecule has 0 fully saturated rings. The molecule has 2 N–H and O–H groups in total. The highest BCUT2D eigenvalue weighted by Crippen LogP contribution is 2.23. The minimum atomic E-state index is -0.805. The van der Waals surface area contributed by atoms with Crippen LogP contribution in [0.1, 0.15) is 38.5 Å². The molecule has 0 amide bonds. The molecule has 0 heterocycles. The van der Waals surface area contributed by atoms with Crippen LogP contribution in [0.2, 0.25) is 0 Å². The summed E-state index contributed by atoms with van der Waals surface area (Å²) in [4.78, 5) is 22.8. The molecule has 0 aliphatic rings. The molecule has 0 aromatic heterocycles. The molecule has 32 heavy (non-hydrogen) atoms. The first-order valence-corrected chi connectivity index (χ1v) is 12.4. The minimum Gasteiger partial charge on any atom is -0.497 e. The Morgan fingerprint density at radius 2 is 1.16 bits per heavy atom. The van der Waals surface area contributed by atoms with Crippen LogP contribution < -0.4 is 9.47 Å². The highest BCUT2D eigenvalue weighted by molar-refractivity contribution is 8.00. The maximum absolute atomic E-state index is 10.3. The molecule has 0 saturated heterocycles. The van der Waals surface area contributed by atoms with Gasteiger partial charge in [0.15, 0.2) is 0 Å². The van der Waals surface area contributed by atoms with Crippen molar-refractivity contribution in [1.82, 2.24) is 0 Å². The summed E-state index contributed by atoms with van der Waals surface area (Å²) in [5.74, 6) is 1.38. The zero-order chi connectivity index (χ0) is 23.6. The third-order valence-corrected chi connectivity index (χ3v) is 6.38. The van der Waals surface area contributed by atoms with Gasteiger partial charge in [0.2, 0.25) is 0 Å². The van der Waals surface area contributed by atoms with Gasteiger partial charge in [-0.1, -0.05) is 19.3 Å². The van der Waals surface area contributed by atoms with E-state index in [1.54, 1.807) is 14.2 Å². The Bertz CT molecular complexity index is 778. The van der Waals surface area contributed by atoms with E-state index in [2.05, 4.69) is 12.1 Å². The third-order valence-electron chi connectivity index (χ3n) is 4.28. The number of methoxy groups -OCH3 is 2. The van der Waals surface area contributed by atoms with Crippen molar-refractivity contribution >= 4 is 35.5 Å². The molecule has 8 heteroatoms. The minimum absolute atomic E-state index is 0.0896. The smallest absolute Gasteiger partial charge is 0.313 e. The van der Waals surface area contributed by atoms with Crippen LogP contribution in [-0.2, 0) is 9.59 Å². The molecule has 0 radical (unpaired) electrons. The van der Waals surface area contributed by atoms with Crippen LogP contribution in [0.5, 0.6) is 11.5 Å². The van der Waals surface area contributed by atoms with Gasteiger partial charge in [0, 0.05) is 16.2 Å². The molecule has 2 rings (SSSR count). The highest BCUT2D eigenvalue weighted by Gasteiger charge is 2.00. The van der Waals surface area contributed by atoms with Gasteiger partial charge in [-0.15, -0.1) is 23.5 Å². The summed E-state index contributed by atoms with van der Waals surface area (Å²) in [5.41, 5.74) is 0. The number of carboxylic acid groups (broad SMARTS) is 2. The van der Waals surface area contributed by atoms with Crippen molar-refractivity contribution < 1.29 is 29.3 Å². The summed E-state index contributed by atoms with van der Waals surface area (Å²) in [5, 5.41) is 16.9. The molecule has 2 aromatic rings. The van der Waals surface area contributed by atoms with Crippen molar-refractivity contribution in [1.29, 1.82) is 0 Å². The van der Waals surface area contributed by atoms with Crippen molar-refractivity contribution in [3.8, 4) is 11.5 Å². The molecule has 0 bridgehead atoms. The zero-order valence-corrected chi connectivity index (χ0v) is 20.3. The fourth-order valence-corrected chi connectivity index (χ4v) is 4.12. The third kappa shape index (κ3) is 13.9. The average Bonchev–Trinajstić information content (AvgIpc) is 2.80. The maximum Gasteiger partial charge on any atom is 0.313 e. The van der Waals surface area contributed by atoms with E-state index < -0.39 is 11.9 Å². The lowest BCUT2D eigenvalue weighted by Gasteiger charge is -2.03. The van der Waals surface area contributed by atoms with E-state index in [-0.39, 0.29) is 5.75 Å². The zero-order valence-electron chi connectivity index (χ0n) is 18.6. The standard InChI is InChI=1S/C15H22O3S.C9H10O3S/c1-18-13-8-10-14(11-9-13)19-12-6-4-2-3-5-7-15(16)17;1-12-7-2-4-8(5-3-7)13-6-9(10)11/h8-11H,2-7,12H2,1H3,(H,16,17);2-5H,6H2,1H3,(H,10,11). The second kappa shape index (κ2) is 17.3.